The van der Waals surface area contributed by atoms with E-state index in [2.05, 4.69) is 46.3 Å². The summed E-state index contributed by atoms with van der Waals surface area (Å²) in [5.41, 5.74) is 2.26. The van der Waals surface area contributed by atoms with E-state index in [0.29, 0.717) is 6.61 Å². The first-order chi connectivity index (χ1) is 10.2. The SMILES string of the molecule is CCCNCc1cc(Br)ccc1OCc1cnn(CC)c1. The van der Waals surface area contributed by atoms with E-state index in [9.17, 15) is 0 Å². The standard InChI is InChI=1S/C16H22BrN3O/c1-3-7-18-10-14-8-15(17)5-6-16(14)21-12-13-9-19-20(4-2)11-13/h5-6,8-9,11,18H,3-4,7,10,12H2,1-2H3. The van der Waals surface area contributed by atoms with Crippen LogP contribution in [-0.4, -0.2) is 16.3 Å². The average Bonchev–Trinajstić information content (AvgIpc) is 2.95. The van der Waals surface area contributed by atoms with Gasteiger partial charge in [-0.3, -0.25) is 4.68 Å². The lowest BCUT2D eigenvalue weighted by Gasteiger charge is -2.12. The van der Waals surface area contributed by atoms with Gasteiger partial charge in [0.1, 0.15) is 12.4 Å². The molecule has 0 spiro atoms. The minimum Gasteiger partial charge on any atom is -0.488 e. The summed E-state index contributed by atoms with van der Waals surface area (Å²) in [6.45, 7) is 7.49. The molecule has 0 amide bonds. The third-order valence-electron chi connectivity index (χ3n) is 3.17. The van der Waals surface area contributed by atoms with Crippen molar-refractivity contribution in [3.63, 3.8) is 0 Å². The summed E-state index contributed by atoms with van der Waals surface area (Å²) in [5, 5.41) is 7.67. The number of aryl methyl sites for hydroxylation is 1. The fourth-order valence-corrected chi connectivity index (χ4v) is 2.45. The highest BCUT2D eigenvalue weighted by atomic mass is 79.9. The van der Waals surface area contributed by atoms with Gasteiger partial charge in [-0.2, -0.15) is 5.10 Å². The van der Waals surface area contributed by atoms with Gasteiger partial charge in [-0.1, -0.05) is 22.9 Å². The van der Waals surface area contributed by atoms with Gasteiger partial charge in [-0.05, 0) is 38.1 Å². The highest BCUT2D eigenvalue weighted by Gasteiger charge is 2.06. The molecule has 114 valence electrons. The Balaban J connectivity index is 2.00. The third kappa shape index (κ3) is 4.86. The fraction of sp³-hybridized carbons (Fsp3) is 0.438. The van der Waals surface area contributed by atoms with Gasteiger partial charge >= 0.3 is 0 Å². The maximum atomic E-state index is 5.95. The summed E-state index contributed by atoms with van der Waals surface area (Å²) in [6.07, 6.45) is 5.01. The predicted molar refractivity (Wildman–Crippen MR) is 88.4 cm³/mol. The van der Waals surface area contributed by atoms with Crippen molar-refractivity contribution in [2.24, 2.45) is 0 Å². The number of benzene rings is 1. The molecule has 0 bridgehead atoms. The summed E-state index contributed by atoms with van der Waals surface area (Å²) in [6, 6.07) is 6.12. The van der Waals surface area contributed by atoms with Crippen LogP contribution in [0.25, 0.3) is 0 Å². The zero-order valence-electron chi connectivity index (χ0n) is 12.6. The molecule has 0 saturated carbocycles. The van der Waals surface area contributed by atoms with Crippen molar-refractivity contribution in [1.82, 2.24) is 15.1 Å². The van der Waals surface area contributed by atoms with E-state index in [4.69, 9.17) is 4.74 Å². The van der Waals surface area contributed by atoms with Crippen molar-refractivity contribution in [2.45, 2.75) is 40.0 Å². The smallest absolute Gasteiger partial charge is 0.124 e. The molecular weight excluding hydrogens is 330 g/mol. The molecular formula is C16H22BrN3O. The number of hydrogen-bond donors (Lipinski definition) is 1. The molecule has 2 rings (SSSR count). The molecule has 1 aromatic heterocycles. The summed E-state index contributed by atoms with van der Waals surface area (Å²) in [5.74, 6) is 0.922. The lowest BCUT2D eigenvalue weighted by atomic mass is 10.2. The third-order valence-corrected chi connectivity index (χ3v) is 3.66. The van der Waals surface area contributed by atoms with Gasteiger partial charge in [-0.25, -0.2) is 0 Å². The number of ether oxygens (including phenoxy) is 1. The molecule has 0 atom stereocenters. The molecule has 21 heavy (non-hydrogen) atoms. The van der Waals surface area contributed by atoms with Crippen molar-refractivity contribution in [3.05, 3.63) is 46.2 Å². The van der Waals surface area contributed by atoms with Gasteiger partial charge in [0, 0.05) is 34.9 Å². The van der Waals surface area contributed by atoms with Crippen molar-refractivity contribution in [3.8, 4) is 5.75 Å². The Bertz CT molecular complexity index is 568. The zero-order valence-corrected chi connectivity index (χ0v) is 14.2. The minimum atomic E-state index is 0.544. The van der Waals surface area contributed by atoms with Crippen LogP contribution in [0.4, 0.5) is 0 Å². The first kappa shape index (κ1) is 16.0. The largest absolute Gasteiger partial charge is 0.488 e. The lowest BCUT2D eigenvalue weighted by Crippen LogP contribution is -2.14. The molecule has 1 N–H and O–H groups in total. The van der Waals surface area contributed by atoms with Gasteiger partial charge < -0.3 is 10.1 Å². The Labute approximate surface area is 134 Å². The van der Waals surface area contributed by atoms with Gasteiger partial charge in [0.2, 0.25) is 0 Å². The number of nitrogens with zero attached hydrogens (tertiary/aromatic N) is 2. The number of nitrogens with one attached hydrogen (secondary N) is 1. The van der Waals surface area contributed by atoms with Gasteiger partial charge in [0.05, 0.1) is 6.20 Å². The second kappa shape index (κ2) is 8.20. The van der Waals surface area contributed by atoms with Crippen molar-refractivity contribution in [1.29, 1.82) is 0 Å². The first-order valence-electron chi connectivity index (χ1n) is 7.36. The van der Waals surface area contributed by atoms with Crippen molar-refractivity contribution >= 4 is 15.9 Å². The molecule has 0 aliphatic rings. The number of aromatic nitrogens is 2. The summed E-state index contributed by atoms with van der Waals surface area (Å²) < 4.78 is 8.93. The first-order valence-corrected chi connectivity index (χ1v) is 8.15. The quantitative estimate of drug-likeness (QED) is 0.736. The van der Waals surface area contributed by atoms with Crippen LogP contribution in [0, 0.1) is 0 Å². The Morgan fingerprint density at radius 2 is 2.19 bits per heavy atom. The molecule has 1 aromatic carbocycles. The Kier molecular flexibility index (Phi) is 6.26. The fourth-order valence-electron chi connectivity index (χ4n) is 2.04. The number of hydrogen-bond acceptors (Lipinski definition) is 3. The molecule has 1 heterocycles. The summed E-state index contributed by atoms with van der Waals surface area (Å²) >= 11 is 3.52. The molecule has 2 aromatic rings. The van der Waals surface area contributed by atoms with Crippen LogP contribution < -0.4 is 10.1 Å². The Hall–Kier alpha value is -1.33. The van der Waals surface area contributed by atoms with E-state index in [-0.39, 0.29) is 0 Å². The van der Waals surface area contributed by atoms with Crippen LogP contribution in [0.1, 0.15) is 31.4 Å². The highest BCUT2D eigenvalue weighted by molar-refractivity contribution is 9.10. The van der Waals surface area contributed by atoms with E-state index >= 15 is 0 Å². The van der Waals surface area contributed by atoms with Crippen molar-refractivity contribution in [2.75, 3.05) is 6.54 Å². The van der Waals surface area contributed by atoms with E-state index < -0.39 is 0 Å². The van der Waals surface area contributed by atoms with Crippen molar-refractivity contribution < 1.29 is 4.74 Å². The lowest BCUT2D eigenvalue weighted by molar-refractivity contribution is 0.302. The normalized spacial score (nSPS) is 10.8. The molecule has 4 nitrogen and oxygen atoms in total. The van der Waals surface area contributed by atoms with Crippen LogP contribution in [0.15, 0.2) is 35.1 Å². The van der Waals surface area contributed by atoms with E-state index in [1.54, 1.807) is 0 Å². The Morgan fingerprint density at radius 3 is 2.90 bits per heavy atom. The average molecular weight is 352 g/mol. The monoisotopic (exact) mass is 351 g/mol. The van der Waals surface area contributed by atoms with Crippen LogP contribution in [0.2, 0.25) is 0 Å². The van der Waals surface area contributed by atoms with Crippen LogP contribution in [0.5, 0.6) is 5.75 Å². The van der Waals surface area contributed by atoms with Gasteiger partial charge in [-0.15, -0.1) is 0 Å². The van der Waals surface area contributed by atoms with Crippen LogP contribution in [-0.2, 0) is 19.7 Å². The minimum absolute atomic E-state index is 0.544. The van der Waals surface area contributed by atoms with Gasteiger partial charge in [0.15, 0.2) is 0 Å². The van der Waals surface area contributed by atoms with E-state index in [1.807, 2.05) is 29.2 Å². The topological polar surface area (TPSA) is 39.1 Å². The maximum absolute atomic E-state index is 5.95. The number of rotatable bonds is 8. The molecule has 0 aliphatic heterocycles. The highest BCUT2D eigenvalue weighted by Crippen LogP contribution is 2.24. The molecule has 0 aliphatic carbocycles. The zero-order chi connectivity index (χ0) is 15.1. The maximum Gasteiger partial charge on any atom is 0.124 e. The van der Waals surface area contributed by atoms with Crippen LogP contribution in [0.3, 0.4) is 0 Å². The summed E-state index contributed by atoms with van der Waals surface area (Å²) in [4.78, 5) is 0. The van der Waals surface area contributed by atoms with E-state index in [1.165, 1.54) is 5.56 Å². The molecule has 5 heteroatoms. The molecule has 0 fully saturated rings. The number of halogens is 1. The second-order valence-electron chi connectivity index (χ2n) is 4.92. The summed E-state index contributed by atoms with van der Waals surface area (Å²) in [7, 11) is 0. The van der Waals surface area contributed by atoms with Crippen LogP contribution >= 0.6 is 15.9 Å². The van der Waals surface area contributed by atoms with E-state index in [0.717, 1.165) is 41.8 Å². The molecule has 0 saturated heterocycles. The molecule has 0 radical (unpaired) electrons. The predicted octanol–water partition coefficient (Wildman–Crippen LogP) is 3.74. The second-order valence-corrected chi connectivity index (χ2v) is 5.84. The molecule has 0 unspecified atom stereocenters. The Morgan fingerprint density at radius 1 is 1.33 bits per heavy atom. The van der Waals surface area contributed by atoms with Gasteiger partial charge in [0.25, 0.3) is 0 Å².